The molecule has 3 aromatic rings. The number of hydrogen-bond acceptors (Lipinski definition) is 5. The molecule has 2 aromatic carbocycles. The highest BCUT2D eigenvalue weighted by molar-refractivity contribution is 5.90. The van der Waals surface area contributed by atoms with Crippen LogP contribution in [0.3, 0.4) is 0 Å². The lowest BCUT2D eigenvalue weighted by Gasteiger charge is -2.10. The SMILES string of the molecule is O=C(Cn1cnc2ccc([N+](=O)[O-])cc2c1=O)Nc1ccc(C(F)(F)F)cc1. The number of alkyl halides is 3. The number of nitrogens with zero attached hydrogens (tertiary/aromatic N) is 3. The Balaban J connectivity index is 1.80. The van der Waals surface area contributed by atoms with Gasteiger partial charge >= 0.3 is 6.18 Å². The summed E-state index contributed by atoms with van der Waals surface area (Å²) in [5, 5.41) is 13.2. The summed E-state index contributed by atoms with van der Waals surface area (Å²) >= 11 is 0. The van der Waals surface area contributed by atoms with Gasteiger partial charge in [-0.05, 0) is 30.3 Å². The van der Waals surface area contributed by atoms with E-state index in [0.717, 1.165) is 41.2 Å². The average molecular weight is 392 g/mol. The van der Waals surface area contributed by atoms with Gasteiger partial charge in [-0.15, -0.1) is 0 Å². The fourth-order valence-electron chi connectivity index (χ4n) is 2.47. The van der Waals surface area contributed by atoms with E-state index in [4.69, 9.17) is 0 Å². The second-order valence-electron chi connectivity index (χ2n) is 5.76. The molecule has 1 N–H and O–H groups in total. The van der Waals surface area contributed by atoms with Crippen LogP contribution in [0.4, 0.5) is 24.5 Å². The van der Waals surface area contributed by atoms with Crippen LogP contribution in [0.25, 0.3) is 10.9 Å². The fourth-order valence-corrected chi connectivity index (χ4v) is 2.47. The third-order valence-corrected chi connectivity index (χ3v) is 3.83. The molecule has 0 radical (unpaired) electrons. The van der Waals surface area contributed by atoms with Crippen LogP contribution in [0.5, 0.6) is 0 Å². The average Bonchev–Trinajstić information content (AvgIpc) is 2.63. The second-order valence-corrected chi connectivity index (χ2v) is 5.76. The minimum Gasteiger partial charge on any atom is -0.325 e. The molecule has 0 saturated heterocycles. The summed E-state index contributed by atoms with van der Waals surface area (Å²) in [4.78, 5) is 38.7. The number of nitro groups is 1. The Hall–Kier alpha value is -3.76. The van der Waals surface area contributed by atoms with Crippen molar-refractivity contribution in [1.82, 2.24) is 9.55 Å². The molecule has 0 unspecified atom stereocenters. The molecule has 0 aliphatic rings. The van der Waals surface area contributed by atoms with Crippen LogP contribution in [0.15, 0.2) is 53.6 Å². The lowest BCUT2D eigenvalue weighted by Crippen LogP contribution is -2.28. The van der Waals surface area contributed by atoms with Crippen LogP contribution in [-0.2, 0) is 17.5 Å². The smallest absolute Gasteiger partial charge is 0.325 e. The summed E-state index contributed by atoms with van der Waals surface area (Å²) in [7, 11) is 0. The molecule has 3 rings (SSSR count). The quantitative estimate of drug-likeness (QED) is 0.543. The molecule has 0 aliphatic carbocycles. The topological polar surface area (TPSA) is 107 Å². The van der Waals surface area contributed by atoms with Gasteiger partial charge in [0.2, 0.25) is 5.91 Å². The van der Waals surface area contributed by atoms with Gasteiger partial charge in [-0.3, -0.25) is 24.3 Å². The number of rotatable bonds is 4. The van der Waals surface area contributed by atoms with Gasteiger partial charge in [0.1, 0.15) is 6.54 Å². The lowest BCUT2D eigenvalue weighted by molar-refractivity contribution is -0.384. The van der Waals surface area contributed by atoms with Crippen molar-refractivity contribution < 1.29 is 22.9 Å². The summed E-state index contributed by atoms with van der Waals surface area (Å²) in [6, 6.07) is 7.40. The number of nitro benzene ring substituents is 1. The molecule has 1 aromatic heterocycles. The van der Waals surface area contributed by atoms with Gasteiger partial charge in [-0.1, -0.05) is 0 Å². The zero-order valence-corrected chi connectivity index (χ0v) is 13.9. The normalized spacial score (nSPS) is 11.4. The van der Waals surface area contributed by atoms with E-state index < -0.39 is 34.7 Å². The first-order valence-electron chi connectivity index (χ1n) is 7.76. The number of fused-ring (bicyclic) bond motifs is 1. The van der Waals surface area contributed by atoms with Crippen molar-refractivity contribution in [1.29, 1.82) is 0 Å². The van der Waals surface area contributed by atoms with Crippen molar-refractivity contribution in [2.45, 2.75) is 12.7 Å². The van der Waals surface area contributed by atoms with E-state index >= 15 is 0 Å². The Morgan fingerprint density at radius 3 is 2.46 bits per heavy atom. The number of non-ortho nitro benzene ring substituents is 1. The highest BCUT2D eigenvalue weighted by Crippen LogP contribution is 2.29. The van der Waals surface area contributed by atoms with Gasteiger partial charge < -0.3 is 5.32 Å². The second kappa shape index (κ2) is 7.10. The van der Waals surface area contributed by atoms with E-state index in [1.807, 2.05) is 0 Å². The number of carbonyl (C=O) groups is 1. The highest BCUT2D eigenvalue weighted by atomic mass is 19.4. The zero-order valence-electron chi connectivity index (χ0n) is 13.9. The molecule has 1 heterocycles. The number of anilines is 1. The molecule has 0 aliphatic heterocycles. The van der Waals surface area contributed by atoms with E-state index in [0.29, 0.717) is 0 Å². The first-order valence-corrected chi connectivity index (χ1v) is 7.76. The fraction of sp³-hybridized carbons (Fsp3) is 0.118. The monoisotopic (exact) mass is 392 g/mol. The largest absolute Gasteiger partial charge is 0.416 e. The van der Waals surface area contributed by atoms with Crippen LogP contribution >= 0.6 is 0 Å². The Labute approximate surface area is 154 Å². The van der Waals surface area contributed by atoms with Crippen molar-refractivity contribution in [3.63, 3.8) is 0 Å². The molecular weight excluding hydrogens is 381 g/mol. The zero-order chi connectivity index (χ0) is 20.5. The highest BCUT2D eigenvalue weighted by Gasteiger charge is 2.30. The maximum Gasteiger partial charge on any atom is 0.416 e. The number of hydrogen-bond donors (Lipinski definition) is 1. The Morgan fingerprint density at radius 1 is 1.18 bits per heavy atom. The molecule has 0 atom stereocenters. The molecule has 144 valence electrons. The van der Waals surface area contributed by atoms with Crippen LogP contribution in [-0.4, -0.2) is 20.4 Å². The number of amides is 1. The Bertz CT molecular complexity index is 1120. The van der Waals surface area contributed by atoms with E-state index in [1.54, 1.807) is 0 Å². The minimum absolute atomic E-state index is 0.0287. The van der Waals surface area contributed by atoms with E-state index in [1.165, 1.54) is 12.1 Å². The van der Waals surface area contributed by atoms with Gasteiger partial charge in [0, 0.05) is 17.8 Å². The maximum atomic E-state index is 12.5. The third-order valence-electron chi connectivity index (χ3n) is 3.83. The first kappa shape index (κ1) is 19.0. The molecule has 0 spiro atoms. The van der Waals surface area contributed by atoms with Crippen LogP contribution in [0, 0.1) is 10.1 Å². The van der Waals surface area contributed by atoms with Gasteiger partial charge in [-0.25, -0.2) is 4.98 Å². The van der Waals surface area contributed by atoms with Crippen molar-refractivity contribution >= 4 is 28.2 Å². The number of halogens is 3. The molecular formula is C17H11F3N4O4. The lowest BCUT2D eigenvalue weighted by atomic mass is 10.2. The van der Waals surface area contributed by atoms with E-state index in [2.05, 4.69) is 10.3 Å². The van der Waals surface area contributed by atoms with Crippen LogP contribution < -0.4 is 10.9 Å². The van der Waals surface area contributed by atoms with Gasteiger partial charge in [0.05, 0.1) is 27.7 Å². The molecule has 11 heteroatoms. The molecule has 28 heavy (non-hydrogen) atoms. The molecule has 1 amide bonds. The standard InChI is InChI=1S/C17H11F3N4O4/c18-17(19,20)10-1-3-11(4-2-10)22-15(25)8-23-9-21-14-6-5-12(24(27)28)7-13(14)16(23)26/h1-7,9H,8H2,(H,22,25). The first-order chi connectivity index (χ1) is 13.1. The Kier molecular flexibility index (Phi) is 4.82. The van der Waals surface area contributed by atoms with Gasteiger partial charge in [-0.2, -0.15) is 13.2 Å². The van der Waals surface area contributed by atoms with Crippen molar-refractivity contribution in [3.05, 3.63) is 74.8 Å². The summed E-state index contributed by atoms with van der Waals surface area (Å²) < 4.78 is 38.6. The van der Waals surface area contributed by atoms with Gasteiger partial charge in [0.25, 0.3) is 11.2 Å². The number of benzene rings is 2. The van der Waals surface area contributed by atoms with Crippen LogP contribution in [0.1, 0.15) is 5.56 Å². The predicted octanol–water partition coefficient (Wildman–Crippen LogP) is 2.96. The number of nitrogens with one attached hydrogen (secondary N) is 1. The van der Waals surface area contributed by atoms with Gasteiger partial charge in [0.15, 0.2) is 0 Å². The molecule has 0 saturated carbocycles. The van der Waals surface area contributed by atoms with Crippen LogP contribution in [0.2, 0.25) is 0 Å². The number of aromatic nitrogens is 2. The number of carbonyl (C=O) groups excluding carboxylic acids is 1. The van der Waals surface area contributed by atoms with E-state index in [-0.39, 0.29) is 22.3 Å². The molecule has 0 bridgehead atoms. The maximum absolute atomic E-state index is 12.5. The van der Waals surface area contributed by atoms with E-state index in [9.17, 15) is 32.9 Å². The van der Waals surface area contributed by atoms with Crippen molar-refractivity contribution in [3.8, 4) is 0 Å². The summed E-state index contributed by atoms with van der Waals surface area (Å²) in [6.45, 7) is -0.467. The van der Waals surface area contributed by atoms with Crippen molar-refractivity contribution in [2.24, 2.45) is 0 Å². The Morgan fingerprint density at radius 2 is 1.86 bits per heavy atom. The molecule has 8 nitrogen and oxygen atoms in total. The summed E-state index contributed by atoms with van der Waals surface area (Å²) in [5.74, 6) is -0.673. The summed E-state index contributed by atoms with van der Waals surface area (Å²) in [5.41, 5.74) is -1.46. The predicted molar refractivity (Wildman–Crippen MR) is 92.7 cm³/mol. The van der Waals surface area contributed by atoms with Crippen molar-refractivity contribution in [2.75, 3.05) is 5.32 Å². The third kappa shape index (κ3) is 3.98. The summed E-state index contributed by atoms with van der Waals surface area (Å²) in [6.07, 6.45) is -3.38. The molecule has 0 fully saturated rings. The minimum atomic E-state index is -4.49.